The van der Waals surface area contributed by atoms with Gasteiger partial charge < -0.3 is 10.5 Å². The van der Waals surface area contributed by atoms with Crippen LogP contribution in [-0.2, 0) is 11.2 Å². The highest BCUT2D eigenvalue weighted by atomic mass is 19.1. The minimum Gasteiger partial charge on any atom is -0.378 e. The molecule has 0 amide bonds. The molecular formula is C14H20FNO. The lowest BCUT2D eigenvalue weighted by Gasteiger charge is -2.23. The molecule has 1 aromatic carbocycles. The molecule has 3 unspecified atom stereocenters. The summed E-state index contributed by atoms with van der Waals surface area (Å²) in [6.45, 7) is 2.90. The first-order chi connectivity index (χ1) is 8.22. The van der Waals surface area contributed by atoms with Crippen LogP contribution < -0.4 is 5.73 Å². The quantitative estimate of drug-likeness (QED) is 0.873. The zero-order valence-corrected chi connectivity index (χ0v) is 10.2. The van der Waals surface area contributed by atoms with Gasteiger partial charge in [-0.3, -0.25) is 0 Å². The molecule has 1 aromatic rings. The molecule has 2 rings (SSSR count). The summed E-state index contributed by atoms with van der Waals surface area (Å²) in [6, 6.07) is 6.85. The van der Waals surface area contributed by atoms with Gasteiger partial charge >= 0.3 is 0 Å². The van der Waals surface area contributed by atoms with Crippen LogP contribution in [0.3, 0.4) is 0 Å². The van der Waals surface area contributed by atoms with Crippen molar-refractivity contribution in [2.75, 3.05) is 6.61 Å². The van der Waals surface area contributed by atoms with E-state index >= 15 is 0 Å². The molecule has 2 nitrogen and oxygen atoms in total. The maximum absolute atomic E-state index is 13.5. The largest absolute Gasteiger partial charge is 0.378 e. The van der Waals surface area contributed by atoms with Crippen LogP contribution in [0.4, 0.5) is 4.39 Å². The van der Waals surface area contributed by atoms with E-state index < -0.39 is 0 Å². The number of benzene rings is 1. The van der Waals surface area contributed by atoms with Crippen LogP contribution in [0.25, 0.3) is 0 Å². The summed E-state index contributed by atoms with van der Waals surface area (Å²) in [7, 11) is 0. The monoisotopic (exact) mass is 237 g/mol. The molecule has 1 heterocycles. The number of hydrogen-bond acceptors (Lipinski definition) is 2. The van der Waals surface area contributed by atoms with Crippen molar-refractivity contribution in [1.82, 2.24) is 0 Å². The topological polar surface area (TPSA) is 35.2 Å². The minimum atomic E-state index is -0.157. The fourth-order valence-electron chi connectivity index (χ4n) is 2.64. The molecule has 0 radical (unpaired) electrons. The average Bonchev–Trinajstić information content (AvgIpc) is 2.80. The van der Waals surface area contributed by atoms with Gasteiger partial charge in [-0.25, -0.2) is 4.39 Å². The third-order valence-electron chi connectivity index (χ3n) is 3.63. The van der Waals surface area contributed by atoms with Crippen molar-refractivity contribution in [2.45, 2.75) is 38.3 Å². The van der Waals surface area contributed by atoms with Crippen LogP contribution >= 0.6 is 0 Å². The van der Waals surface area contributed by atoms with E-state index in [4.69, 9.17) is 10.5 Å². The van der Waals surface area contributed by atoms with Crippen LogP contribution in [0.15, 0.2) is 24.3 Å². The standard InChI is InChI=1S/C14H20FNO/c1-2-14-11(7-8-17-14)13(16)9-10-5-3-4-6-12(10)15/h3-6,11,13-14H,2,7-9,16H2,1H3. The normalized spacial score (nSPS) is 26.1. The number of ether oxygens (including phenoxy) is 1. The second-order valence-electron chi connectivity index (χ2n) is 4.73. The molecule has 2 N–H and O–H groups in total. The van der Waals surface area contributed by atoms with E-state index in [1.54, 1.807) is 6.07 Å². The molecule has 0 aromatic heterocycles. The van der Waals surface area contributed by atoms with Gasteiger partial charge in [0.1, 0.15) is 5.82 Å². The summed E-state index contributed by atoms with van der Waals surface area (Å²) < 4.78 is 19.2. The van der Waals surface area contributed by atoms with Gasteiger partial charge in [0.2, 0.25) is 0 Å². The maximum Gasteiger partial charge on any atom is 0.126 e. The smallest absolute Gasteiger partial charge is 0.126 e. The SMILES string of the molecule is CCC1OCCC1C(N)Cc1ccccc1F. The first-order valence-electron chi connectivity index (χ1n) is 6.33. The zero-order chi connectivity index (χ0) is 12.3. The van der Waals surface area contributed by atoms with Crippen molar-refractivity contribution < 1.29 is 9.13 Å². The molecular weight excluding hydrogens is 217 g/mol. The summed E-state index contributed by atoms with van der Waals surface area (Å²) in [5.74, 6) is 0.203. The Bertz CT molecular complexity index is 369. The van der Waals surface area contributed by atoms with Gasteiger partial charge in [0.25, 0.3) is 0 Å². The molecule has 0 spiro atoms. The fraction of sp³-hybridized carbons (Fsp3) is 0.571. The predicted molar refractivity (Wildman–Crippen MR) is 66.2 cm³/mol. The van der Waals surface area contributed by atoms with Crippen molar-refractivity contribution in [1.29, 1.82) is 0 Å². The molecule has 1 aliphatic rings. The van der Waals surface area contributed by atoms with Crippen LogP contribution in [-0.4, -0.2) is 18.8 Å². The van der Waals surface area contributed by atoms with Crippen molar-refractivity contribution in [3.8, 4) is 0 Å². The van der Waals surface area contributed by atoms with Crippen LogP contribution in [0, 0.1) is 11.7 Å². The van der Waals surface area contributed by atoms with E-state index in [0.29, 0.717) is 17.9 Å². The van der Waals surface area contributed by atoms with Gasteiger partial charge in [-0.2, -0.15) is 0 Å². The molecule has 0 aliphatic carbocycles. The van der Waals surface area contributed by atoms with Crippen molar-refractivity contribution in [2.24, 2.45) is 11.7 Å². The van der Waals surface area contributed by atoms with E-state index in [9.17, 15) is 4.39 Å². The van der Waals surface area contributed by atoms with Crippen LogP contribution in [0.5, 0.6) is 0 Å². The molecule has 94 valence electrons. The van der Waals surface area contributed by atoms with Gasteiger partial charge in [0.05, 0.1) is 6.10 Å². The summed E-state index contributed by atoms with van der Waals surface area (Å²) >= 11 is 0. The third kappa shape index (κ3) is 2.85. The number of rotatable bonds is 4. The van der Waals surface area contributed by atoms with Crippen LogP contribution in [0.2, 0.25) is 0 Å². The molecule has 1 fully saturated rings. The summed E-state index contributed by atoms with van der Waals surface area (Å²) in [5, 5.41) is 0. The average molecular weight is 237 g/mol. The lowest BCUT2D eigenvalue weighted by molar-refractivity contribution is 0.0813. The Morgan fingerprint density at radius 1 is 1.47 bits per heavy atom. The van der Waals surface area contributed by atoms with Crippen molar-refractivity contribution in [3.05, 3.63) is 35.6 Å². The Kier molecular flexibility index (Phi) is 4.13. The number of nitrogens with two attached hydrogens (primary N) is 1. The Morgan fingerprint density at radius 2 is 2.24 bits per heavy atom. The highest BCUT2D eigenvalue weighted by Crippen LogP contribution is 2.27. The van der Waals surface area contributed by atoms with E-state index in [2.05, 4.69) is 6.92 Å². The predicted octanol–water partition coefficient (Wildman–Crippen LogP) is 2.51. The molecule has 3 heteroatoms. The second-order valence-corrected chi connectivity index (χ2v) is 4.73. The zero-order valence-electron chi connectivity index (χ0n) is 10.2. The maximum atomic E-state index is 13.5. The second kappa shape index (κ2) is 5.61. The van der Waals surface area contributed by atoms with Gasteiger partial charge in [-0.05, 0) is 30.9 Å². The summed E-state index contributed by atoms with van der Waals surface area (Å²) in [5.41, 5.74) is 6.91. The Labute approximate surface area is 102 Å². The van der Waals surface area contributed by atoms with E-state index in [1.165, 1.54) is 6.07 Å². The summed E-state index contributed by atoms with van der Waals surface area (Å²) in [6.07, 6.45) is 2.82. The Balaban J connectivity index is 2.01. The number of hydrogen-bond donors (Lipinski definition) is 1. The summed E-state index contributed by atoms with van der Waals surface area (Å²) in [4.78, 5) is 0. The highest BCUT2D eigenvalue weighted by Gasteiger charge is 2.31. The molecule has 0 bridgehead atoms. The van der Waals surface area contributed by atoms with E-state index in [0.717, 1.165) is 19.4 Å². The minimum absolute atomic E-state index is 0.0145. The van der Waals surface area contributed by atoms with Gasteiger partial charge in [-0.15, -0.1) is 0 Å². The molecule has 1 aliphatic heterocycles. The lowest BCUT2D eigenvalue weighted by atomic mass is 9.88. The van der Waals surface area contributed by atoms with Crippen molar-refractivity contribution >= 4 is 0 Å². The van der Waals surface area contributed by atoms with Gasteiger partial charge in [-0.1, -0.05) is 25.1 Å². The first kappa shape index (κ1) is 12.5. The Morgan fingerprint density at radius 3 is 2.94 bits per heavy atom. The molecule has 3 atom stereocenters. The Hall–Kier alpha value is -0.930. The van der Waals surface area contributed by atoms with E-state index in [1.807, 2.05) is 12.1 Å². The van der Waals surface area contributed by atoms with Crippen LogP contribution in [0.1, 0.15) is 25.3 Å². The highest BCUT2D eigenvalue weighted by molar-refractivity contribution is 5.18. The third-order valence-corrected chi connectivity index (χ3v) is 3.63. The van der Waals surface area contributed by atoms with Crippen molar-refractivity contribution in [3.63, 3.8) is 0 Å². The first-order valence-corrected chi connectivity index (χ1v) is 6.33. The molecule has 17 heavy (non-hydrogen) atoms. The fourth-order valence-corrected chi connectivity index (χ4v) is 2.64. The number of halogens is 1. The molecule has 1 saturated heterocycles. The molecule has 0 saturated carbocycles. The van der Waals surface area contributed by atoms with Gasteiger partial charge in [0.15, 0.2) is 0 Å². The lowest BCUT2D eigenvalue weighted by Crippen LogP contribution is -2.37. The van der Waals surface area contributed by atoms with E-state index in [-0.39, 0.29) is 18.0 Å². The van der Waals surface area contributed by atoms with Gasteiger partial charge in [0, 0.05) is 18.6 Å².